The summed E-state index contributed by atoms with van der Waals surface area (Å²) < 4.78 is 25.7. The average molecular weight is 426 g/mol. The maximum Gasteiger partial charge on any atom is 0.271 e. The first kappa shape index (κ1) is 21.6. The highest BCUT2D eigenvalue weighted by atomic mass is 35.5. The molecule has 0 aliphatic heterocycles. The lowest BCUT2D eigenvalue weighted by atomic mass is 10.1. The fraction of sp³-hybridized carbons (Fsp3) is 0.278. The number of nitro benzene ring substituents is 1. The van der Waals surface area contributed by atoms with Crippen molar-refractivity contribution in [3.8, 4) is 0 Å². The second-order valence-corrected chi connectivity index (χ2v) is 8.68. The molecule has 150 valence electrons. The van der Waals surface area contributed by atoms with E-state index in [4.69, 9.17) is 11.6 Å². The van der Waals surface area contributed by atoms with E-state index in [0.717, 1.165) is 16.1 Å². The number of benzene rings is 2. The van der Waals surface area contributed by atoms with Crippen LogP contribution < -0.4 is 9.62 Å². The summed E-state index contributed by atoms with van der Waals surface area (Å²) in [4.78, 5) is 23.1. The van der Waals surface area contributed by atoms with Crippen molar-refractivity contribution in [2.75, 3.05) is 15.9 Å². The zero-order valence-corrected chi connectivity index (χ0v) is 17.3. The Morgan fingerprint density at radius 1 is 1.18 bits per heavy atom. The Labute approximate surface area is 168 Å². The molecule has 2 aromatic rings. The van der Waals surface area contributed by atoms with Crippen LogP contribution in [0.15, 0.2) is 36.4 Å². The Hall–Kier alpha value is -2.65. The van der Waals surface area contributed by atoms with E-state index in [2.05, 4.69) is 5.32 Å². The van der Waals surface area contributed by atoms with Crippen LogP contribution in [0.3, 0.4) is 0 Å². The number of carbonyl (C=O) groups excluding carboxylic acids is 1. The summed E-state index contributed by atoms with van der Waals surface area (Å²) in [6.07, 6.45) is 0.989. The standard InChI is InChI=1S/C18H20ClN3O5S/c1-11-5-7-14(9-16(11)19)21(28(4,26)27)13(3)18(23)20-17-10-15(22(24)25)8-6-12(17)2/h5-10,13H,1-4H3,(H,20,23). The average Bonchev–Trinajstić information content (AvgIpc) is 2.58. The Balaban J connectivity index is 2.38. The second kappa shape index (κ2) is 8.15. The minimum absolute atomic E-state index is 0.182. The number of hydrogen-bond donors (Lipinski definition) is 1. The molecule has 2 aromatic carbocycles. The van der Waals surface area contributed by atoms with Crippen molar-refractivity contribution >= 4 is 44.6 Å². The van der Waals surface area contributed by atoms with Crippen molar-refractivity contribution in [2.45, 2.75) is 26.8 Å². The molecule has 0 radical (unpaired) electrons. The van der Waals surface area contributed by atoms with Crippen LogP contribution >= 0.6 is 11.6 Å². The number of anilines is 2. The molecular formula is C18H20ClN3O5S. The third-order valence-electron chi connectivity index (χ3n) is 4.19. The molecule has 2 rings (SSSR count). The number of nitro groups is 1. The first-order valence-corrected chi connectivity index (χ1v) is 10.5. The number of hydrogen-bond acceptors (Lipinski definition) is 5. The molecule has 0 heterocycles. The molecular weight excluding hydrogens is 406 g/mol. The number of non-ortho nitro benzene ring substituents is 1. The Morgan fingerprint density at radius 3 is 2.32 bits per heavy atom. The van der Waals surface area contributed by atoms with E-state index in [1.165, 1.54) is 31.2 Å². The number of nitrogens with one attached hydrogen (secondary N) is 1. The number of sulfonamides is 1. The number of aryl methyl sites for hydroxylation is 2. The van der Waals surface area contributed by atoms with E-state index in [1.807, 2.05) is 0 Å². The number of nitrogens with zero attached hydrogens (tertiary/aromatic N) is 2. The number of halogens is 1. The van der Waals surface area contributed by atoms with Gasteiger partial charge in [0, 0.05) is 17.2 Å². The van der Waals surface area contributed by atoms with E-state index in [-0.39, 0.29) is 17.1 Å². The van der Waals surface area contributed by atoms with Crippen LogP contribution in [-0.2, 0) is 14.8 Å². The molecule has 0 aliphatic carbocycles. The van der Waals surface area contributed by atoms with Crippen molar-refractivity contribution in [1.29, 1.82) is 0 Å². The summed E-state index contributed by atoms with van der Waals surface area (Å²) in [5.74, 6) is -0.634. The maximum absolute atomic E-state index is 12.7. The van der Waals surface area contributed by atoms with Gasteiger partial charge in [0.25, 0.3) is 5.69 Å². The Bertz CT molecular complexity index is 1040. The molecule has 0 saturated carbocycles. The van der Waals surface area contributed by atoms with Crippen LogP contribution in [0.1, 0.15) is 18.1 Å². The first-order valence-electron chi connectivity index (χ1n) is 8.23. The summed E-state index contributed by atoms with van der Waals surface area (Å²) in [5.41, 5.74) is 1.68. The zero-order chi connectivity index (χ0) is 21.2. The van der Waals surface area contributed by atoms with Gasteiger partial charge >= 0.3 is 0 Å². The van der Waals surface area contributed by atoms with Gasteiger partial charge in [0.2, 0.25) is 15.9 Å². The van der Waals surface area contributed by atoms with Gasteiger partial charge < -0.3 is 5.32 Å². The van der Waals surface area contributed by atoms with Gasteiger partial charge in [-0.3, -0.25) is 19.2 Å². The topological polar surface area (TPSA) is 110 Å². The molecule has 0 fully saturated rings. The van der Waals surface area contributed by atoms with Crippen LogP contribution in [-0.4, -0.2) is 31.5 Å². The van der Waals surface area contributed by atoms with Gasteiger partial charge in [0.05, 0.1) is 22.6 Å². The van der Waals surface area contributed by atoms with Gasteiger partial charge in [-0.05, 0) is 44.0 Å². The van der Waals surface area contributed by atoms with E-state index in [1.54, 1.807) is 26.0 Å². The third-order valence-corrected chi connectivity index (χ3v) is 5.84. The van der Waals surface area contributed by atoms with Gasteiger partial charge in [0.15, 0.2) is 0 Å². The molecule has 1 atom stereocenters. The fourth-order valence-corrected chi connectivity index (χ4v) is 3.96. The van der Waals surface area contributed by atoms with Gasteiger partial charge in [-0.1, -0.05) is 23.7 Å². The summed E-state index contributed by atoms with van der Waals surface area (Å²) in [6, 6.07) is 7.63. The normalized spacial score (nSPS) is 12.3. The van der Waals surface area contributed by atoms with E-state index >= 15 is 0 Å². The zero-order valence-electron chi connectivity index (χ0n) is 15.8. The SMILES string of the molecule is Cc1ccc(N(C(C)C(=O)Nc2cc([N+](=O)[O-])ccc2C)S(C)(=O)=O)cc1Cl. The van der Waals surface area contributed by atoms with Crippen LogP contribution in [0.5, 0.6) is 0 Å². The maximum atomic E-state index is 12.7. The van der Waals surface area contributed by atoms with Crippen molar-refractivity contribution < 1.29 is 18.1 Å². The Kier molecular flexibility index (Phi) is 6.30. The predicted molar refractivity (Wildman–Crippen MR) is 109 cm³/mol. The Morgan fingerprint density at radius 2 is 1.79 bits per heavy atom. The molecule has 0 aliphatic rings. The summed E-state index contributed by atoms with van der Waals surface area (Å²) in [6.45, 7) is 4.88. The van der Waals surface area contributed by atoms with E-state index < -0.39 is 26.9 Å². The highest BCUT2D eigenvalue weighted by Crippen LogP contribution is 2.28. The summed E-state index contributed by atoms with van der Waals surface area (Å²) in [7, 11) is -3.81. The monoisotopic (exact) mass is 425 g/mol. The number of amides is 1. The van der Waals surface area contributed by atoms with Gasteiger partial charge in [-0.25, -0.2) is 8.42 Å². The first-order chi connectivity index (χ1) is 12.9. The highest BCUT2D eigenvalue weighted by Gasteiger charge is 2.30. The summed E-state index contributed by atoms with van der Waals surface area (Å²) >= 11 is 6.10. The lowest BCUT2D eigenvalue weighted by Crippen LogP contribution is -2.45. The molecule has 10 heteroatoms. The number of rotatable bonds is 6. The minimum Gasteiger partial charge on any atom is -0.324 e. The lowest BCUT2D eigenvalue weighted by molar-refractivity contribution is -0.384. The fourth-order valence-electron chi connectivity index (χ4n) is 2.62. The molecule has 0 aromatic heterocycles. The van der Waals surface area contributed by atoms with Crippen molar-refractivity contribution in [3.05, 3.63) is 62.7 Å². The molecule has 0 bridgehead atoms. The molecule has 0 saturated heterocycles. The van der Waals surface area contributed by atoms with Crippen molar-refractivity contribution in [2.24, 2.45) is 0 Å². The molecule has 1 N–H and O–H groups in total. The van der Waals surface area contributed by atoms with Crippen molar-refractivity contribution in [3.63, 3.8) is 0 Å². The van der Waals surface area contributed by atoms with Crippen LogP contribution in [0, 0.1) is 24.0 Å². The highest BCUT2D eigenvalue weighted by molar-refractivity contribution is 7.92. The quantitative estimate of drug-likeness (QED) is 0.561. The molecule has 28 heavy (non-hydrogen) atoms. The second-order valence-electron chi connectivity index (χ2n) is 6.41. The smallest absolute Gasteiger partial charge is 0.271 e. The van der Waals surface area contributed by atoms with Gasteiger partial charge in [0.1, 0.15) is 6.04 Å². The lowest BCUT2D eigenvalue weighted by Gasteiger charge is -2.28. The van der Waals surface area contributed by atoms with Gasteiger partial charge in [-0.2, -0.15) is 0 Å². The molecule has 1 unspecified atom stereocenters. The van der Waals surface area contributed by atoms with E-state index in [9.17, 15) is 23.3 Å². The summed E-state index contributed by atoms with van der Waals surface area (Å²) in [5, 5.41) is 13.9. The minimum atomic E-state index is -3.81. The van der Waals surface area contributed by atoms with Gasteiger partial charge in [-0.15, -0.1) is 0 Å². The molecule has 8 nitrogen and oxygen atoms in total. The van der Waals surface area contributed by atoms with Crippen molar-refractivity contribution in [1.82, 2.24) is 0 Å². The molecule has 0 spiro atoms. The van der Waals surface area contributed by atoms with Crippen LogP contribution in [0.2, 0.25) is 5.02 Å². The van der Waals surface area contributed by atoms with Crippen LogP contribution in [0.4, 0.5) is 17.1 Å². The third kappa shape index (κ3) is 4.79. The van der Waals surface area contributed by atoms with Crippen LogP contribution in [0.25, 0.3) is 0 Å². The largest absolute Gasteiger partial charge is 0.324 e. The molecule has 1 amide bonds. The predicted octanol–water partition coefficient (Wildman–Crippen LogP) is 3.66. The number of carbonyl (C=O) groups is 1. The van der Waals surface area contributed by atoms with E-state index in [0.29, 0.717) is 10.6 Å².